The third-order valence-electron chi connectivity index (χ3n) is 3.63. The number of hydrogen-bond acceptors (Lipinski definition) is 3. The molecule has 0 saturated carbocycles. The van der Waals surface area contributed by atoms with E-state index in [0.29, 0.717) is 5.69 Å². The number of carbonyl (C=O) groups is 1. The number of sulfonamides is 1. The minimum absolute atomic E-state index is 0.0432. The number of amides is 1. The lowest BCUT2D eigenvalue weighted by molar-refractivity contribution is 0.102. The summed E-state index contributed by atoms with van der Waals surface area (Å²) < 4.78 is 40.2. The van der Waals surface area contributed by atoms with Gasteiger partial charge in [-0.05, 0) is 54.6 Å². The molecular formula is C19H14ClFN2O3S. The maximum atomic E-state index is 13.0. The smallest absolute Gasteiger partial charge is 0.261 e. The Morgan fingerprint density at radius 1 is 0.926 bits per heavy atom. The number of para-hydroxylation sites is 1. The second-order valence-corrected chi connectivity index (χ2v) is 7.66. The summed E-state index contributed by atoms with van der Waals surface area (Å²) in [5.74, 6) is -0.966. The van der Waals surface area contributed by atoms with Gasteiger partial charge in [0.1, 0.15) is 5.82 Å². The number of carbonyl (C=O) groups excluding carboxylic acids is 1. The van der Waals surface area contributed by atoms with E-state index in [1.165, 1.54) is 18.2 Å². The molecule has 0 aliphatic heterocycles. The Bertz CT molecular complexity index is 1070. The molecule has 27 heavy (non-hydrogen) atoms. The van der Waals surface area contributed by atoms with Crippen LogP contribution in [0.1, 0.15) is 10.4 Å². The van der Waals surface area contributed by atoms with E-state index in [4.69, 9.17) is 11.6 Å². The van der Waals surface area contributed by atoms with Crippen LogP contribution in [0.3, 0.4) is 0 Å². The van der Waals surface area contributed by atoms with E-state index in [1.54, 1.807) is 24.3 Å². The number of benzene rings is 3. The van der Waals surface area contributed by atoms with Crippen LogP contribution < -0.4 is 10.0 Å². The molecule has 3 aromatic carbocycles. The number of rotatable bonds is 5. The van der Waals surface area contributed by atoms with E-state index in [-0.39, 0.29) is 21.2 Å². The van der Waals surface area contributed by atoms with Crippen molar-refractivity contribution in [3.05, 3.63) is 89.2 Å². The molecule has 0 spiro atoms. The lowest BCUT2D eigenvalue weighted by Crippen LogP contribution is -2.15. The molecule has 0 saturated heterocycles. The van der Waals surface area contributed by atoms with Crippen LogP contribution in [-0.2, 0) is 10.0 Å². The third kappa shape index (κ3) is 4.64. The highest BCUT2D eigenvalue weighted by Gasteiger charge is 2.17. The zero-order valence-electron chi connectivity index (χ0n) is 13.8. The van der Waals surface area contributed by atoms with Crippen molar-refractivity contribution in [2.75, 3.05) is 10.0 Å². The number of hydrogen-bond donors (Lipinski definition) is 2. The first-order valence-electron chi connectivity index (χ1n) is 7.79. The van der Waals surface area contributed by atoms with E-state index >= 15 is 0 Å². The lowest BCUT2D eigenvalue weighted by Gasteiger charge is -2.12. The van der Waals surface area contributed by atoms with E-state index in [9.17, 15) is 17.6 Å². The maximum absolute atomic E-state index is 13.0. The van der Waals surface area contributed by atoms with Gasteiger partial charge in [0.25, 0.3) is 15.9 Å². The standard InChI is InChI=1S/C19H14ClFN2O3S/c20-17-11-6-13(19(24)22-15-4-2-1-3-5-15)12-18(17)23-27(25,26)16-9-7-14(21)8-10-16/h1-12,23H,(H,22,24). The average molecular weight is 405 g/mol. The van der Waals surface area contributed by atoms with Crippen LogP contribution in [0, 0.1) is 5.82 Å². The minimum atomic E-state index is -3.99. The maximum Gasteiger partial charge on any atom is 0.261 e. The molecule has 0 unspecified atom stereocenters. The first-order valence-corrected chi connectivity index (χ1v) is 9.65. The summed E-state index contributed by atoms with van der Waals surface area (Å²) in [6.45, 7) is 0. The molecular weight excluding hydrogens is 391 g/mol. The van der Waals surface area contributed by atoms with E-state index < -0.39 is 21.7 Å². The molecule has 3 rings (SSSR count). The Labute approximate surface area is 160 Å². The first-order chi connectivity index (χ1) is 12.8. The molecule has 1 amide bonds. The summed E-state index contributed by atoms with van der Waals surface area (Å²) in [6.07, 6.45) is 0. The second kappa shape index (κ2) is 7.77. The summed E-state index contributed by atoms with van der Waals surface area (Å²) in [5, 5.41) is 2.83. The van der Waals surface area contributed by atoms with Gasteiger partial charge < -0.3 is 5.32 Å². The fraction of sp³-hybridized carbons (Fsp3) is 0. The predicted octanol–water partition coefficient (Wildman–Crippen LogP) is 4.53. The van der Waals surface area contributed by atoms with Gasteiger partial charge in [0.05, 0.1) is 15.6 Å². The van der Waals surface area contributed by atoms with Crippen LogP contribution in [0.25, 0.3) is 0 Å². The predicted molar refractivity (Wildman–Crippen MR) is 103 cm³/mol. The summed E-state index contributed by atoms with van der Waals surface area (Å²) in [6, 6.07) is 17.4. The molecule has 0 radical (unpaired) electrons. The van der Waals surface area contributed by atoms with Crippen molar-refractivity contribution >= 4 is 38.9 Å². The highest BCUT2D eigenvalue weighted by Crippen LogP contribution is 2.26. The fourth-order valence-electron chi connectivity index (χ4n) is 2.29. The normalized spacial score (nSPS) is 11.0. The fourth-order valence-corrected chi connectivity index (χ4v) is 3.58. The highest BCUT2D eigenvalue weighted by molar-refractivity contribution is 7.92. The summed E-state index contributed by atoms with van der Waals surface area (Å²) in [4.78, 5) is 12.3. The number of nitrogens with one attached hydrogen (secondary N) is 2. The number of halogens is 2. The Kier molecular flexibility index (Phi) is 5.43. The molecule has 0 aliphatic carbocycles. The third-order valence-corrected chi connectivity index (χ3v) is 5.34. The van der Waals surface area contributed by atoms with Crippen molar-refractivity contribution in [2.24, 2.45) is 0 Å². The van der Waals surface area contributed by atoms with E-state index in [1.807, 2.05) is 6.07 Å². The molecule has 0 atom stereocenters. The summed E-state index contributed by atoms with van der Waals surface area (Å²) in [7, 11) is -3.99. The zero-order valence-corrected chi connectivity index (χ0v) is 15.4. The molecule has 0 fully saturated rings. The molecule has 138 valence electrons. The van der Waals surface area contributed by atoms with Crippen LogP contribution in [0.15, 0.2) is 77.7 Å². The Hall–Kier alpha value is -2.90. The summed E-state index contributed by atoms with van der Waals surface area (Å²) >= 11 is 6.06. The van der Waals surface area contributed by atoms with Crippen LogP contribution >= 0.6 is 11.6 Å². The van der Waals surface area contributed by atoms with Gasteiger partial charge in [-0.25, -0.2) is 12.8 Å². The Morgan fingerprint density at radius 3 is 2.26 bits per heavy atom. The van der Waals surface area contributed by atoms with Crippen LogP contribution in [-0.4, -0.2) is 14.3 Å². The van der Waals surface area contributed by atoms with Gasteiger partial charge in [-0.2, -0.15) is 0 Å². The molecule has 8 heteroatoms. The highest BCUT2D eigenvalue weighted by atomic mass is 35.5. The van der Waals surface area contributed by atoms with Gasteiger partial charge >= 0.3 is 0 Å². The monoisotopic (exact) mass is 404 g/mol. The lowest BCUT2D eigenvalue weighted by atomic mass is 10.2. The number of anilines is 2. The largest absolute Gasteiger partial charge is 0.322 e. The van der Waals surface area contributed by atoms with Gasteiger partial charge in [0.2, 0.25) is 0 Å². The van der Waals surface area contributed by atoms with E-state index in [0.717, 1.165) is 24.3 Å². The molecule has 0 bridgehead atoms. The average Bonchev–Trinajstić information content (AvgIpc) is 2.64. The van der Waals surface area contributed by atoms with E-state index in [2.05, 4.69) is 10.0 Å². The van der Waals surface area contributed by atoms with Gasteiger partial charge in [-0.15, -0.1) is 0 Å². The van der Waals surface area contributed by atoms with Gasteiger partial charge in [-0.3, -0.25) is 9.52 Å². The van der Waals surface area contributed by atoms with Crippen LogP contribution in [0.5, 0.6) is 0 Å². The van der Waals surface area contributed by atoms with Gasteiger partial charge in [0, 0.05) is 11.3 Å². The SMILES string of the molecule is O=C(Nc1ccccc1)c1ccc(Cl)c(NS(=O)(=O)c2ccc(F)cc2)c1. The van der Waals surface area contributed by atoms with Crippen LogP contribution in [0.2, 0.25) is 5.02 Å². The van der Waals surface area contributed by atoms with Crippen molar-refractivity contribution in [2.45, 2.75) is 4.90 Å². The molecule has 0 aromatic heterocycles. The Morgan fingerprint density at radius 2 is 1.59 bits per heavy atom. The van der Waals surface area contributed by atoms with Crippen molar-refractivity contribution in [1.82, 2.24) is 0 Å². The first kappa shape index (κ1) is 18.9. The molecule has 5 nitrogen and oxygen atoms in total. The van der Waals surface area contributed by atoms with Crippen molar-refractivity contribution in [1.29, 1.82) is 0 Å². The van der Waals surface area contributed by atoms with Crippen LogP contribution in [0.4, 0.5) is 15.8 Å². The van der Waals surface area contributed by atoms with Gasteiger partial charge in [-0.1, -0.05) is 29.8 Å². The molecule has 3 aromatic rings. The van der Waals surface area contributed by atoms with Crippen molar-refractivity contribution < 1.29 is 17.6 Å². The minimum Gasteiger partial charge on any atom is -0.322 e. The zero-order chi connectivity index (χ0) is 19.4. The summed E-state index contributed by atoms with van der Waals surface area (Å²) in [5.41, 5.74) is 0.868. The Balaban J connectivity index is 1.85. The van der Waals surface area contributed by atoms with Gasteiger partial charge in [0.15, 0.2) is 0 Å². The van der Waals surface area contributed by atoms with Crippen molar-refractivity contribution in [3.8, 4) is 0 Å². The second-order valence-electron chi connectivity index (χ2n) is 5.57. The topological polar surface area (TPSA) is 75.3 Å². The molecule has 0 aliphatic rings. The van der Waals surface area contributed by atoms with Crippen molar-refractivity contribution in [3.63, 3.8) is 0 Å². The molecule has 2 N–H and O–H groups in total. The quantitative estimate of drug-likeness (QED) is 0.655. The molecule has 0 heterocycles.